The molecular formula is C19H24N2O2. The highest BCUT2D eigenvalue weighted by Crippen LogP contribution is 2.22. The molecule has 0 aromatic heterocycles. The summed E-state index contributed by atoms with van der Waals surface area (Å²) in [6.07, 6.45) is 0.870. The van der Waals surface area contributed by atoms with Crippen molar-refractivity contribution < 1.29 is 9.90 Å². The van der Waals surface area contributed by atoms with E-state index in [1.165, 1.54) is 0 Å². The Hall–Kier alpha value is -2.17. The van der Waals surface area contributed by atoms with E-state index in [0.717, 1.165) is 11.1 Å². The van der Waals surface area contributed by atoms with Crippen molar-refractivity contribution in [2.24, 2.45) is 11.5 Å². The summed E-state index contributed by atoms with van der Waals surface area (Å²) >= 11 is 0. The number of carbonyl (C=O) groups excluding carboxylic acids is 1. The van der Waals surface area contributed by atoms with Crippen LogP contribution in [0.3, 0.4) is 0 Å². The van der Waals surface area contributed by atoms with Crippen LogP contribution in [0.25, 0.3) is 0 Å². The molecule has 2 aromatic rings. The van der Waals surface area contributed by atoms with E-state index >= 15 is 0 Å². The van der Waals surface area contributed by atoms with Gasteiger partial charge < -0.3 is 16.6 Å². The van der Waals surface area contributed by atoms with E-state index in [1.807, 2.05) is 60.7 Å². The van der Waals surface area contributed by atoms with E-state index < -0.39 is 12.0 Å². The summed E-state index contributed by atoms with van der Waals surface area (Å²) in [5, 5.41) is 10.3. The third kappa shape index (κ3) is 5.20. The lowest BCUT2D eigenvalue weighted by molar-refractivity contribution is -0.119. The average molecular weight is 312 g/mol. The van der Waals surface area contributed by atoms with Gasteiger partial charge in [-0.1, -0.05) is 60.7 Å². The Morgan fingerprint density at radius 3 is 2.09 bits per heavy atom. The van der Waals surface area contributed by atoms with E-state index in [1.54, 1.807) is 0 Å². The van der Waals surface area contributed by atoms with Crippen molar-refractivity contribution in [3.05, 3.63) is 71.8 Å². The Morgan fingerprint density at radius 2 is 1.52 bits per heavy atom. The van der Waals surface area contributed by atoms with E-state index in [9.17, 15) is 9.90 Å². The molecule has 122 valence electrons. The van der Waals surface area contributed by atoms with Crippen molar-refractivity contribution in [1.82, 2.24) is 0 Å². The van der Waals surface area contributed by atoms with E-state index in [-0.39, 0.29) is 11.9 Å². The lowest BCUT2D eigenvalue weighted by Gasteiger charge is -2.21. The molecule has 4 heteroatoms. The SMILES string of the molecule is NC(=O)[C@H](CC[C@H](O)[C@@H](N)Cc1ccccc1)c1ccccc1. The molecule has 0 spiro atoms. The Labute approximate surface area is 137 Å². The third-order valence-corrected chi connectivity index (χ3v) is 4.10. The molecule has 0 saturated heterocycles. The number of benzene rings is 2. The molecular weight excluding hydrogens is 288 g/mol. The minimum Gasteiger partial charge on any atom is -0.392 e. The summed E-state index contributed by atoms with van der Waals surface area (Å²) < 4.78 is 0. The van der Waals surface area contributed by atoms with Crippen LogP contribution in [0.2, 0.25) is 0 Å². The number of amides is 1. The molecule has 0 fully saturated rings. The zero-order valence-corrected chi connectivity index (χ0v) is 13.1. The zero-order valence-electron chi connectivity index (χ0n) is 13.1. The summed E-state index contributed by atoms with van der Waals surface area (Å²) in [5.74, 6) is -0.769. The Morgan fingerprint density at radius 1 is 0.957 bits per heavy atom. The molecule has 0 saturated carbocycles. The zero-order chi connectivity index (χ0) is 16.7. The second kappa shape index (κ2) is 8.46. The topological polar surface area (TPSA) is 89.3 Å². The number of nitrogens with two attached hydrogens (primary N) is 2. The summed E-state index contributed by atoms with van der Waals surface area (Å²) in [6, 6.07) is 18.9. The van der Waals surface area contributed by atoms with Crippen LogP contribution in [0.4, 0.5) is 0 Å². The number of carbonyl (C=O) groups is 1. The fraction of sp³-hybridized carbons (Fsp3) is 0.316. The van der Waals surface area contributed by atoms with Gasteiger partial charge in [0.25, 0.3) is 0 Å². The van der Waals surface area contributed by atoms with Gasteiger partial charge in [0.2, 0.25) is 5.91 Å². The van der Waals surface area contributed by atoms with E-state index in [0.29, 0.717) is 19.3 Å². The summed E-state index contributed by atoms with van der Waals surface area (Å²) in [4.78, 5) is 11.7. The first-order valence-corrected chi connectivity index (χ1v) is 7.89. The molecule has 0 radical (unpaired) electrons. The van der Waals surface area contributed by atoms with Gasteiger partial charge in [0.1, 0.15) is 0 Å². The molecule has 0 heterocycles. The van der Waals surface area contributed by atoms with E-state index in [4.69, 9.17) is 11.5 Å². The lowest BCUT2D eigenvalue weighted by Crippen LogP contribution is -2.37. The van der Waals surface area contributed by atoms with Gasteiger partial charge in [-0.15, -0.1) is 0 Å². The van der Waals surface area contributed by atoms with Crippen molar-refractivity contribution in [3.8, 4) is 0 Å². The first-order chi connectivity index (χ1) is 11.1. The second-order valence-corrected chi connectivity index (χ2v) is 5.86. The van der Waals surface area contributed by atoms with Crippen LogP contribution in [0.15, 0.2) is 60.7 Å². The molecule has 0 aliphatic heterocycles. The van der Waals surface area contributed by atoms with Gasteiger partial charge in [-0.3, -0.25) is 4.79 Å². The average Bonchev–Trinajstić information content (AvgIpc) is 2.56. The quantitative estimate of drug-likeness (QED) is 0.696. The van der Waals surface area contributed by atoms with Crippen LogP contribution in [0.1, 0.15) is 29.9 Å². The van der Waals surface area contributed by atoms with Crippen molar-refractivity contribution in [3.63, 3.8) is 0 Å². The number of aliphatic hydroxyl groups excluding tert-OH is 1. The minimum absolute atomic E-state index is 0.360. The summed E-state index contributed by atoms with van der Waals surface area (Å²) in [6.45, 7) is 0. The fourth-order valence-electron chi connectivity index (χ4n) is 2.73. The van der Waals surface area contributed by atoms with Crippen LogP contribution in [0.5, 0.6) is 0 Å². The first-order valence-electron chi connectivity index (χ1n) is 7.89. The molecule has 0 unspecified atom stereocenters. The number of rotatable bonds is 8. The predicted molar refractivity (Wildman–Crippen MR) is 91.7 cm³/mol. The largest absolute Gasteiger partial charge is 0.392 e. The molecule has 0 aliphatic carbocycles. The standard InChI is InChI=1S/C19H24N2O2/c20-17(13-14-7-3-1-4-8-14)18(22)12-11-16(19(21)23)15-9-5-2-6-10-15/h1-10,16-18,22H,11-13,20H2,(H2,21,23)/t16-,17+,18+/m1/s1. The third-order valence-electron chi connectivity index (χ3n) is 4.10. The van der Waals surface area contributed by atoms with Gasteiger partial charge in [-0.25, -0.2) is 0 Å². The number of hydrogen-bond acceptors (Lipinski definition) is 3. The molecule has 0 bridgehead atoms. The molecule has 0 aliphatic rings. The molecule has 2 rings (SSSR count). The highest BCUT2D eigenvalue weighted by molar-refractivity contribution is 5.81. The van der Waals surface area contributed by atoms with Crippen LogP contribution in [0, 0.1) is 0 Å². The van der Waals surface area contributed by atoms with Gasteiger partial charge in [-0.05, 0) is 30.4 Å². The van der Waals surface area contributed by atoms with Gasteiger partial charge in [-0.2, -0.15) is 0 Å². The smallest absolute Gasteiger partial charge is 0.224 e. The minimum atomic E-state index is -0.666. The van der Waals surface area contributed by atoms with Crippen molar-refractivity contribution >= 4 is 5.91 Å². The summed E-state index contributed by atoms with van der Waals surface area (Å²) in [7, 11) is 0. The normalized spacial score (nSPS) is 14.9. The number of aliphatic hydroxyl groups is 1. The van der Waals surface area contributed by atoms with Gasteiger partial charge in [0.05, 0.1) is 12.0 Å². The second-order valence-electron chi connectivity index (χ2n) is 5.86. The number of primary amides is 1. The number of hydrogen-bond donors (Lipinski definition) is 3. The molecule has 4 nitrogen and oxygen atoms in total. The molecule has 5 N–H and O–H groups in total. The fourth-order valence-corrected chi connectivity index (χ4v) is 2.73. The monoisotopic (exact) mass is 312 g/mol. The van der Waals surface area contributed by atoms with Gasteiger partial charge in [0.15, 0.2) is 0 Å². The van der Waals surface area contributed by atoms with Crippen LogP contribution in [-0.4, -0.2) is 23.2 Å². The lowest BCUT2D eigenvalue weighted by atomic mass is 9.90. The van der Waals surface area contributed by atoms with Gasteiger partial charge in [0, 0.05) is 6.04 Å². The summed E-state index contributed by atoms with van der Waals surface area (Å²) in [5.41, 5.74) is 13.6. The van der Waals surface area contributed by atoms with E-state index in [2.05, 4.69) is 0 Å². The highest BCUT2D eigenvalue weighted by atomic mass is 16.3. The Bertz CT molecular complexity index is 601. The Balaban J connectivity index is 1.91. The predicted octanol–water partition coefficient (Wildman–Crippen LogP) is 1.97. The van der Waals surface area contributed by atoms with Crippen molar-refractivity contribution in [2.45, 2.75) is 37.3 Å². The van der Waals surface area contributed by atoms with Crippen LogP contribution < -0.4 is 11.5 Å². The van der Waals surface area contributed by atoms with Crippen LogP contribution >= 0.6 is 0 Å². The molecule has 1 amide bonds. The van der Waals surface area contributed by atoms with Gasteiger partial charge >= 0.3 is 0 Å². The maximum atomic E-state index is 11.7. The maximum Gasteiger partial charge on any atom is 0.224 e. The molecule has 23 heavy (non-hydrogen) atoms. The highest BCUT2D eigenvalue weighted by Gasteiger charge is 2.22. The van der Waals surface area contributed by atoms with Crippen LogP contribution in [-0.2, 0) is 11.2 Å². The van der Waals surface area contributed by atoms with Crippen molar-refractivity contribution in [2.75, 3.05) is 0 Å². The van der Waals surface area contributed by atoms with Crippen molar-refractivity contribution in [1.29, 1.82) is 0 Å². The Kier molecular flexibility index (Phi) is 6.32. The maximum absolute atomic E-state index is 11.7. The first kappa shape index (κ1) is 17.2. The molecule has 3 atom stereocenters. The molecule has 2 aromatic carbocycles.